The van der Waals surface area contributed by atoms with Crippen molar-refractivity contribution in [1.29, 1.82) is 0 Å². The summed E-state index contributed by atoms with van der Waals surface area (Å²) >= 11 is 0. The highest BCUT2D eigenvalue weighted by Gasteiger charge is 2.50. The van der Waals surface area contributed by atoms with Crippen LogP contribution in [0.3, 0.4) is 0 Å². The summed E-state index contributed by atoms with van der Waals surface area (Å²) in [5, 5.41) is 24.7. The van der Waals surface area contributed by atoms with Crippen LogP contribution >= 0.6 is 0 Å². The van der Waals surface area contributed by atoms with Gasteiger partial charge in [-0.3, -0.25) is 0 Å². The van der Waals surface area contributed by atoms with Gasteiger partial charge in [-0.05, 0) is 22.3 Å². The SMILES string of the molecule is OC[C@H](O)[C@@H](OCc1ccccc1)[C@H]1N[C@H](COCc2ccccc2)[C@@H](OCc2ccccc2)[C@@H]1OCc1ccccc1. The zero-order valence-electron chi connectivity index (χ0n) is 24.3. The lowest BCUT2D eigenvalue weighted by Crippen LogP contribution is -2.52. The van der Waals surface area contributed by atoms with Crippen LogP contribution in [0.5, 0.6) is 0 Å². The van der Waals surface area contributed by atoms with Crippen LogP contribution in [0.25, 0.3) is 0 Å². The summed E-state index contributed by atoms with van der Waals surface area (Å²) in [4.78, 5) is 0. The van der Waals surface area contributed by atoms with E-state index >= 15 is 0 Å². The Bertz CT molecular complexity index is 1310. The number of nitrogens with one attached hydrogen (secondary N) is 1. The average molecular weight is 584 g/mol. The summed E-state index contributed by atoms with van der Waals surface area (Å²) in [6, 6.07) is 39.1. The van der Waals surface area contributed by atoms with Crippen molar-refractivity contribution in [2.75, 3.05) is 13.2 Å². The molecule has 1 aliphatic rings. The largest absolute Gasteiger partial charge is 0.394 e. The first-order chi connectivity index (χ1) is 21.2. The van der Waals surface area contributed by atoms with Crippen molar-refractivity contribution in [3.8, 4) is 0 Å². The Morgan fingerprint density at radius 1 is 0.581 bits per heavy atom. The van der Waals surface area contributed by atoms with Gasteiger partial charge in [0.2, 0.25) is 0 Å². The molecule has 4 aromatic rings. The van der Waals surface area contributed by atoms with Gasteiger partial charge in [0.15, 0.2) is 0 Å². The quantitative estimate of drug-likeness (QED) is 0.177. The Morgan fingerprint density at radius 2 is 1.02 bits per heavy atom. The topological polar surface area (TPSA) is 89.4 Å². The van der Waals surface area contributed by atoms with Crippen LogP contribution in [0.15, 0.2) is 121 Å². The predicted octanol–water partition coefficient (Wildman–Crippen LogP) is 4.65. The van der Waals surface area contributed by atoms with Crippen LogP contribution in [-0.2, 0) is 45.4 Å². The minimum Gasteiger partial charge on any atom is -0.394 e. The van der Waals surface area contributed by atoms with Gasteiger partial charge in [-0.2, -0.15) is 0 Å². The standard InChI is InChI=1S/C36H41NO6/c38-21-32(39)35(42-24-29-17-9-3-10-18-29)33-36(43-25-30-19-11-4-12-20-30)34(41-23-28-15-7-2-8-16-28)31(37-33)26-40-22-27-13-5-1-6-14-27/h1-20,31-39H,21-26H2/t31-,32+,33-,34-,35-,36-/m1/s1. The third-order valence-electron chi connectivity index (χ3n) is 7.67. The highest BCUT2D eigenvalue weighted by molar-refractivity contribution is 5.17. The third-order valence-corrected chi connectivity index (χ3v) is 7.67. The fourth-order valence-electron chi connectivity index (χ4n) is 5.44. The number of rotatable bonds is 16. The summed E-state index contributed by atoms with van der Waals surface area (Å²) < 4.78 is 25.7. The second-order valence-corrected chi connectivity index (χ2v) is 10.8. The summed E-state index contributed by atoms with van der Waals surface area (Å²) in [6.07, 6.45) is -2.83. The number of hydrogen-bond donors (Lipinski definition) is 3. The fraction of sp³-hybridized carbons (Fsp3) is 0.333. The molecule has 0 bridgehead atoms. The molecule has 5 rings (SSSR count). The van der Waals surface area contributed by atoms with Crippen molar-refractivity contribution in [1.82, 2.24) is 5.32 Å². The van der Waals surface area contributed by atoms with Gasteiger partial charge in [0.25, 0.3) is 0 Å². The monoisotopic (exact) mass is 583 g/mol. The van der Waals surface area contributed by atoms with E-state index < -0.39 is 37.1 Å². The Labute approximate surface area is 254 Å². The number of benzene rings is 4. The van der Waals surface area contributed by atoms with Crippen LogP contribution in [0, 0.1) is 0 Å². The van der Waals surface area contributed by atoms with Crippen LogP contribution in [0.4, 0.5) is 0 Å². The molecule has 0 radical (unpaired) electrons. The molecule has 0 spiro atoms. The van der Waals surface area contributed by atoms with Crippen LogP contribution in [-0.4, -0.2) is 59.9 Å². The highest BCUT2D eigenvalue weighted by Crippen LogP contribution is 2.29. The molecule has 0 amide bonds. The molecule has 7 heteroatoms. The van der Waals surface area contributed by atoms with Crippen molar-refractivity contribution in [3.05, 3.63) is 144 Å². The van der Waals surface area contributed by atoms with Crippen molar-refractivity contribution in [3.63, 3.8) is 0 Å². The molecule has 7 nitrogen and oxygen atoms in total. The van der Waals surface area contributed by atoms with Crippen molar-refractivity contribution < 1.29 is 29.2 Å². The number of aliphatic hydroxyl groups is 2. The van der Waals surface area contributed by atoms with Gasteiger partial charge in [0.05, 0.1) is 51.7 Å². The first kappa shape index (κ1) is 31.0. The predicted molar refractivity (Wildman–Crippen MR) is 165 cm³/mol. The van der Waals surface area contributed by atoms with Crippen LogP contribution < -0.4 is 5.32 Å². The normalized spacial score (nSPS) is 21.4. The molecule has 226 valence electrons. The molecule has 1 heterocycles. The maximum atomic E-state index is 11.0. The van der Waals surface area contributed by atoms with E-state index in [1.807, 2.05) is 121 Å². The Hall–Kier alpha value is -3.40. The van der Waals surface area contributed by atoms with Crippen LogP contribution in [0.1, 0.15) is 22.3 Å². The van der Waals surface area contributed by atoms with Gasteiger partial charge in [-0.25, -0.2) is 0 Å². The van der Waals surface area contributed by atoms with Crippen molar-refractivity contribution in [2.45, 2.75) is 62.9 Å². The minimum atomic E-state index is -1.14. The van der Waals surface area contributed by atoms with Gasteiger partial charge in [0, 0.05) is 0 Å². The molecule has 1 saturated heterocycles. The zero-order valence-corrected chi connectivity index (χ0v) is 24.3. The van der Waals surface area contributed by atoms with Gasteiger partial charge in [0.1, 0.15) is 24.4 Å². The Balaban J connectivity index is 1.39. The molecule has 4 aromatic carbocycles. The molecule has 6 atom stereocenters. The second kappa shape index (κ2) is 16.4. The maximum absolute atomic E-state index is 11.0. The van der Waals surface area contributed by atoms with E-state index in [9.17, 15) is 10.2 Å². The van der Waals surface area contributed by atoms with E-state index in [4.69, 9.17) is 18.9 Å². The Morgan fingerprint density at radius 3 is 1.51 bits per heavy atom. The molecule has 0 saturated carbocycles. The van der Waals surface area contributed by atoms with E-state index in [1.54, 1.807) is 0 Å². The summed E-state index contributed by atoms with van der Waals surface area (Å²) in [5.74, 6) is 0. The maximum Gasteiger partial charge on any atom is 0.105 e. The summed E-state index contributed by atoms with van der Waals surface area (Å²) in [6.45, 7) is 1.38. The molecule has 1 fully saturated rings. The second-order valence-electron chi connectivity index (χ2n) is 10.8. The first-order valence-electron chi connectivity index (χ1n) is 14.8. The summed E-state index contributed by atoms with van der Waals surface area (Å²) in [7, 11) is 0. The lowest BCUT2D eigenvalue weighted by Gasteiger charge is -2.33. The molecule has 0 aromatic heterocycles. The minimum absolute atomic E-state index is 0.257. The van der Waals surface area contributed by atoms with Crippen molar-refractivity contribution >= 4 is 0 Å². The van der Waals surface area contributed by atoms with Gasteiger partial charge >= 0.3 is 0 Å². The van der Waals surface area contributed by atoms with E-state index in [2.05, 4.69) is 5.32 Å². The molecular formula is C36H41NO6. The number of aliphatic hydroxyl groups excluding tert-OH is 2. The van der Waals surface area contributed by atoms with E-state index in [1.165, 1.54) is 0 Å². The first-order valence-corrected chi connectivity index (χ1v) is 14.8. The van der Waals surface area contributed by atoms with Crippen molar-refractivity contribution in [2.24, 2.45) is 0 Å². The third kappa shape index (κ3) is 9.05. The molecule has 3 N–H and O–H groups in total. The smallest absolute Gasteiger partial charge is 0.105 e. The van der Waals surface area contributed by atoms with E-state index in [-0.39, 0.29) is 12.6 Å². The lowest BCUT2D eigenvalue weighted by atomic mass is 9.99. The number of ether oxygens (including phenoxy) is 4. The number of hydrogen-bond acceptors (Lipinski definition) is 7. The van der Waals surface area contributed by atoms with E-state index in [0.29, 0.717) is 26.4 Å². The molecule has 1 aliphatic heterocycles. The fourth-order valence-corrected chi connectivity index (χ4v) is 5.44. The summed E-state index contributed by atoms with van der Waals surface area (Å²) in [5.41, 5.74) is 4.12. The molecular weight excluding hydrogens is 542 g/mol. The van der Waals surface area contributed by atoms with Gasteiger partial charge in [-0.15, -0.1) is 0 Å². The Kier molecular flexibility index (Phi) is 11.9. The van der Waals surface area contributed by atoms with Gasteiger partial charge < -0.3 is 34.5 Å². The van der Waals surface area contributed by atoms with Crippen LogP contribution in [0.2, 0.25) is 0 Å². The average Bonchev–Trinajstić information content (AvgIpc) is 3.41. The lowest BCUT2D eigenvalue weighted by molar-refractivity contribution is -0.127. The highest BCUT2D eigenvalue weighted by atomic mass is 16.6. The molecule has 0 unspecified atom stereocenters. The van der Waals surface area contributed by atoms with E-state index in [0.717, 1.165) is 22.3 Å². The zero-order chi connectivity index (χ0) is 29.7. The molecule has 0 aliphatic carbocycles. The van der Waals surface area contributed by atoms with Gasteiger partial charge in [-0.1, -0.05) is 121 Å². The molecule has 43 heavy (non-hydrogen) atoms.